The highest BCUT2D eigenvalue weighted by molar-refractivity contribution is 7.91. The van der Waals surface area contributed by atoms with E-state index in [1.54, 1.807) is 16.9 Å². The van der Waals surface area contributed by atoms with Gasteiger partial charge in [0.15, 0.2) is 0 Å². The average Bonchev–Trinajstić information content (AvgIpc) is 2.35. The van der Waals surface area contributed by atoms with E-state index < -0.39 is 16.3 Å². The first kappa shape index (κ1) is 14.8. The minimum Gasteiger partial charge on any atom is -0.452 e. The largest absolute Gasteiger partial charge is 0.452 e. The number of benzene rings is 1. The molecule has 7 nitrogen and oxygen atoms in total. The van der Waals surface area contributed by atoms with Crippen molar-refractivity contribution in [1.82, 2.24) is 4.72 Å². The summed E-state index contributed by atoms with van der Waals surface area (Å²) < 4.78 is 30.9. The lowest BCUT2D eigenvalue weighted by atomic mass is 10.2. The van der Waals surface area contributed by atoms with E-state index in [1.165, 1.54) is 12.1 Å². The molecule has 1 aromatic carbocycles. The van der Waals surface area contributed by atoms with Gasteiger partial charge in [-0.3, -0.25) is 4.72 Å². The first-order valence-electron chi connectivity index (χ1n) is 5.05. The molecule has 0 saturated carbocycles. The molecule has 0 heterocycles. The summed E-state index contributed by atoms with van der Waals surface area (Å²) in [7, 11) is -3.00. The molecule has 102 valence electrons. The van der Waals surface area contributed by atoms with Crippen molar-refractivity contribution in [1.29, 1.82) is 0 Å². The third kappa shape index (κ3) is 5.29. The SMILES string of the molecule is COC(=O)NS(=O)(=O)Nc1cccc(C#CCO)c1. The van der Waals surface area contributed by atoms with Crippen LogP contribution < -0.4 is 9.44 Å². The van der Waals surface area contributed by atoms with E-state index in [2.05, 4.69) is 21.3 Å². The van der Waals surface area contributed by atoms with E-state index in [1.807, 2.05) is 0 Å². The molecule has 0 spiro atoms. The molecule has 0 fully saturated rings. The molecular formula is C11H12N2O5S. The van der Waals surface area contributed by atoms with Crippen LogP contribution in [0.2, 0.25) is 0 Å². The molecule has 3 N–H and O–H groups in total. The Labute approximate surface area is 110 Å². The quantitative estimate of drug-likeness (QED) is 0.680. The third-order valence-electron chi connectivity index (χ3n) is 1.83. The molecule has 0 aromatic heterocycles. The predicted molar refractivity (Wildman–Crippen MR) is 68.5 cm³/mol. The number of anilines is 1. The molecule has 8 heteroatoms. The minimum atomic E-state index is -4.06. The van der Waals surface area contributed by atoms with E-state index in [4.69, 9.17) is 5.11 Å². The Balaban J connectivity index is 2.85. The lowest BCUT2D eigenvalue weighted by molar-refractivity contribution is 0.177. The van der Waals surface area contributed by atoms with Crippen molar-refractivity contribution < 1.29 is 23.1 Å². The Hall–Kier alpha value is -2.24. The highest BCUT2D eigenvalue weighted by Crippen LogP contribution is 2.11. The van der Waals surface area contributed by atoms with Crippen molar-refractivity contribution in [3.05, 3.63) is 29.8 Å². The summed E-state index contributed by atoms with van der Waals surface area (Å²) in [6.45, 7) is -0.292. The van der Waals surface area contributed by atoms with Gasteiger partial charge in [0.1, 0.15) is 6.61 Å². The lowest BCUT2D eigenvalue weighted by Crippen LogP contribution is -2.35. The lowest BCUT2D eigenvalue weighted by Gasteiger charge is -2.08. The van der Waals surface area contributed by atoms with Crippen molar-refractivity contribution in [2.75, 3.05) is 18.4 Å². The predicted octanol–water partition coefficient (Wildman–Crippen LogP) is 0.0431. The van der Waals surface area contributed by atoms with Gasteiger partial charge >= 0.3 is 16.3 Å². The number of hydrogen-bond acceptors (Lipinski definition) is 5. The molecule has 0 radical (unpaired) electrons. The van der Waals surface area contributed by atoms with Gasteiger partial charge in [-0.2, -0.15) is 8.42 Å². The van der Waals surface area contributed by atoms with Gasteiger partial charge < -0.3 is 9.84 Å². The van der Waals surface area contributed by atoms with Crippen LogP contribution in [0, 0.1) is 11.8 Å². The maximum absolute atomic E-state index is 11.5. The van der Waals surface area contributed by atoms with E-state index in [0.717, 1.165) is 7.11 Å². The molecular weight excluding hydrogens is 272 g/mol. The number of carbonyl (C=O) groups excluding carboxylic acids is 1. The van der Waals surface area contributed by atoms with Crippen molar-refractivity contribution in [2.24, 2.45) is 0 Å². The topological polar surface area (TPSA) is 105 Å². The van der Waals surface area contributed by atoms with Crippen LogP contribution >= 0.6 is 0 Å². The number of ether oxygens (including phenoxy) is 1. The number of carbonyl (C=O) groups is 1. The maximum atomic E-state index is 11.5. The molecule has 0 aliphatic rings. The number of aliphatic hydroxyl groups is 1. The number of methoxy groups -OCH3 is 1. The fourth-order valence-corrected chi connectivity index (χ4v) is 1.93. The fourth-order valence-electron chi connectivity index (χ4n) is 1.13. The van der Waals surface area contributed by atoms with Gasteiger partial charge in [-0.1, -0.05) is 17.9 Å². The van der Waals surface area contributed by atoms with E-state index >= 15 is 0 Å². The molecule has 0 bridgehead atoms. The average molecular weight is 284 g/mol. The van der Waals surface area contributed by atoms with Crippen molar-refractivity contribution in [2.45, 2.75) is 0 Å². The molecule has 0 saturated heterocycles. The maximum Gasteiger partial charge on any atom is 0.422 e. The van der Waals surface area contributed by atoms with Crippen LogP contribution in [0.3, 0.4) is 0 Å². The van der Waals surface area contributed by atoms with Crippen LogP contribution in [0.25, 0.3) is 0 Å². The van der Waals surface area contributed by atoms with E-state index in [-0.39, 0.29) is 12.3 Å². The smallest absolute Gasteiger partial charge is 0.422 e. The van der Waals surface area contributed by atoms with Crippen LogP contribution in [0.15, 0.2) is 24.3 Å². The Morgan fingerprint density at radius 3 is 2.84 bits per heavy atom. The zero-order chi connectivity index (χ0) is 14.3. The van der Waals surface area contributed by atoms with Crippen LogP contribution in [0.5, 0.6) is 0 Å². The monoisotopic (exact) mass is 284 g/mol. The van der Waals surface area contributed by atoms with E-state index in [9.17, 15) is 13.2 Å². The number of amides is 1. The fraction of sp³-hybridized carbons (Fsp3) is 0.182. The second kappa shape index (κ2) is 6.63. The van der Waals surface area contributed by atoms with Gasteiger partial charge in [0.2, 0.25) is 0 Å². The number of rotatable bonds is 3. The summed E-state index contributed by atoms with van der Waals surface area (Å²) in [6, 6.07) is 6.17. The van der Waals surface area contributed by atoms with Crippen molar-refractivity contribution in [3.8, 4) is 11.8 Å². The van der Waals surface area contributed by atoms with Gasteiger partial charge in [-0.05, 0) is 18.2 Å². The van der Waals surface area contributed by atoms with Gasteiger partial charge in [-0.25, -0.2) is 9.52 Å². The third-order valence-corrected chi connectivity index (χ3v) is 2.77. The molecule has 1 amide bonds. The molecule has 19 heavy (non-hydrogen) atoms. The number of nitrogens with one attached hydrogen (secondary N) is 2. The molecule has 1 rings (SSSR count). The van der Waals surface area contributed by atoms with Crippen LogP contribution in [-0.2, 0) is 14.9 Å². The van der Waals surface area contributed by atoms with Gasteiger partial charge in [0.05, 0.1) is 12.8 Å². The summed E-state index contributed by atoms with van der Waals surface area (Å²) in [4.78, 5) is 10.8. The van der Waals surface area contributed by atoms with Crippen LogP contribution in [-0.4, -0.2) is 33.3 Å². The van der Waals surface area contributed by atoms with E-state index in [0.29, 0.717) is 5.56 Å². The summed E-state index contributed by atoms with van der Waals surface area (Å²) in [5, 5.41) is 8.56. The Morgan fingerprint density at radius 2 is 2.21 bits per heavy atom. The standard InChI is InChI=1S/C11H12N2O5S/c1-18-11(15)13-19(16,17)12-10-6-2-4-9(8-10)5-3-7-14/h2,4,6,8,12,14H,7H2,1H3,(H,13,15). The van der Waals surface area contributed by atoms with Crippen molar-refractivity contribution >= 4 is 22.0 Å². The normalized spacial score (nSPS) is 10.0. The highest BCUT2D eigenvalue weighted by Gasteiger charge is 2.14. The molecule has 0 unspecified atom stereocenters. The molecule has 0 aliphatic heterocycles. The molecule has 1 aromatic rings. The zero-order valence-corrected chi connectivity index (χ0v) is 10.8. The number of hydrogen-bond donors (Lipinski definition) is 3. The Bertz CT molecular complexity index is 615. The Morgan fingerprint density at radius 1 is 1.47 bits per heavy atom. The first-order chi connectivity index (χ1) is 8.96. The van der Waals surface area contributed by atoms with Crippen LogP contribution in [0.1, 0.15) is 5.56 Å². The molecule has 0 atom stereocenters. The van der Waals surface area contributed by atoms with Crippen molar-refractivity contribution in [3.63, 3.8) is 0 Å². The zero-order valence-electron chi connectivity index (χ0n) is 10.0. The number of aliphatic hydroxyl groups excluding tert-OH is 1. The molecule has 0 aliphatic carbocycles. The highest BCUT2D eigenvalue weighted by atomic mass is 32.2. The first-order valence-corrected chi connectivity index (χ1v) is 6.53. The van der Waals surface area contributed by atoms with Gasteiger partial charge in [0.25, 0.3) is 0 Å². The Kier molecular flexibility index (Phi) is 5.17. The summed E-state index contributed by atoms with van der Waals surface area (Å²) >= 11 is 0. The second-order valence-corrected chi connectivity index (χ2v) is 4.65. The second-order valence-electron chi connectivity index (χ2n) is 3.24. The summed E-state index contributed by atoms with van der Waals surface area (Å²) in [5.74, 6) is 5.06. The summed E-state index contributed by atoms with van der Waals surface area (Å²) in [6.07, 6.45) is -1.09. The minimum absolute atomic E-state index is 0.223. The summed E-state index contributed by atoms with van der Waals surface area (Å²) in [5.41, 5.74) is 0.744. The van der Waals surface area contributed by atoms with Crippen LogP contribution in [0.4, 0.5) is 10.5 Å². The van der Waals surface area contributed by atoms with Gasteiger partial charge in [0, 0.05) is 5.56 Å². The van der Waals surface area contributed by atoms with Gasteiger partial charge in [-0.15, -0.1) is 0 Å².